The van der Waals surface area contributed by atoms with Crippen molar-refractivity contribution in [3.05, 3.63) is 25.0 Å². The van der Waals surface area contributed by atoms with E-state index in [4.69, 9.17) is 19.7 Å². The molecule has 2 rings (SSSR count). The van der Waals surface area contributed by atoms with Crippen LogP contribution in [0.15, 0.2) is 25.0 Å². The van der Waals surface area contributed by atoms with E-state index < -0.39 is 47.8 Å². The molecule has 0 spiro atoms. The molecule has 6 atom stereocenters. The maximum atomic E-state index is 11.5. The Hall–Kier alpha value is -1.73. The predicted octanol–water partition coefficient (Wildman–Crippen LogP) is -11.3. The molecule has 0 bridgehead atoms. The van der Waals surface area contributed by atoms with Gasteiger partial charge in [0.2, 0.25) is 0 Å². The van der Waals surface area contributed by atoms with Gasteiger partial charge in [-0.1, -0.05) is 20.4 Å². The SMILES string of the molecule is C=COC(C)=O.CC(=O)OC(C)CC1C(=O)CC(=O)C1C.CC(=O)[O-].CC(O)CC(C(=O)[O-])C(C)C(=O)[O-].O=C1C=CC(=O)O1.[Na+].[Na+].[Na+]. The van der Waals surface area contributed by atoms with Crippen molar-refractivity contribution in [1.82, 2.24) is 0 Å². The number of carbonyl (C=O) groups is 9. The quantitative estimate of drug-likeness (QED) is 0.0764. The fourth-order valence-electron chi connectivity index (χ4n) is 3.45. The number of esters is 4. The Bertz CT molecular complexity index is 1100. The Morgan fingerprint density at radius 1 is 0.896 bits per heavy atom. The van der Waals surface area contributed by atoms with E-state index in [-0.39, 0.29) is 143 Å². The van der Waals surface area contributed by atoms with Gasteiger partial charge in [0.1, 0.15) is 11.6 Å². The van der Waals surface area contributed by atoms with E-state index in [0.29, 0.717) is 6.42 Å². The number of carboxylic acid groups (broad SMARTS) is 3. The second-order valence-electron chi connectivity index (χ2n) is 9.62. The van der Waals surface area contributed by atoms with Crippen molar-refractivity contribution in [3.63, 3.8) is 0 Å². The normalized spacial score (nSPS) is 17.4. The molecule has 254 valence electrons. The predicted molar refractivity (Wildman–Crippen MR) is 145 cm³/mol. The van der Waals surface area contributed by atoms with E-state index in [9.17, 15) is 48.6 Å². The minimum Gasteiger partial charge on any atom is -0.550 e. The molecule has 0 aromatic heterocycles. The molecule has 1 fully saturated rings. The van der Waals surface area contributed by atoms with Gasteiger partial charge >= 0.3 is 113 Å². The van der Waals surface area contributed by atoms with E-state index in [1.165, 1.54) is 27.7 Å². The number of hydrogen-bond donors (Lipinski definition) is 1. The first-order valence-corrected chi connectivity index (χ1v) is 13.3. The third-order valence-corrected chi connectivity index (χ3v) is 5.51. The molecule has 0 aromatic rings. The Balaban J connectivity index is -0.000000121. The van der Waals surface area contributed by atoms with Crippen molar-refractivity contribution in [2.24, 2.45) is 23.7 Å². The van der Waals surface area contributed by atoms with Crippen LogP contribution < -0.4 is 104 Å². The molecule has 0 radical (unpaired) electrons. The van der Waals surface area contributed by atoms with Crippen molar-refractivity contribution < 1.29 is 166 Å². The van der Waals surface area contributed by atoms with Gasteiger partial charge in [-0.15, -0.1) is 0 Å². The first-order chi connectivity index (χ1) is 20.6. The van der Waals surface area contributed by atoms with Gasteiger partial charge in [-0.05, 0) is 33.6 Å². The standard InChI is InChI=1S/C11H16O4.C8H14O5.C4H2O3.C4H6O2.C2H4O2.3Na/c1-6(15-8(3)12)4-9-7(2)10(13)5-11(9)14;1-4(9)3-6(8(12)13)5(2)7(10)11;5-3-1-2-4(6)7-3;1-3-6-4(2)5;1-2(3)4;;;/h6-7,9H,4-5H2,1-3H3;4-6,9H,3H2,1-2H3,(H,10,11)(H,12,13);1-2H;3H,1H2,2H3;1H3,(H,3,4);;;/q;;;;;3*+1/p-3. The second kappa shape index (κ2) is 32.5. The maximum Gasteiger partial charge on any atom is 1.00 e. The Morgan fingerprint density at radius 3 is 1.54 bits per heavy atom. The molecule has 6 unspecified atom stereocenters. The number of aliphatic carboxylic acids is 3. The van der Waals surface area contributed by atoms with Crippen LogP contribution in [0.5, 0.6) is 0 Å². The van der Waals surface area contributed by atoms with Crippen LogP contribution in [-0.2, 0) is 57.4 Å². The van der Waals surface area contributed by atoms with Gasteiger partial charge in [0.25, 0.3) is 0 Å². The Kier molecular flexibility index (Phi) is 39.6. The van der Waals surface area contributed by atoms with Gasteiger partial charge in [-0.3, -0.25) is 19.2 Å². The van der Waals surface area contributed by atoms with Crippen LogP contribution in [0.2, 0.25) is 0 Å². The Labute approximate surface area is 345 Å². The number of aliphatic hydroxyl groups is 1. The van der Waals surface area contributed by atoms with E-state index in [2.05, 4.69) is 16.1 Å². The Morgan fingerprint density at radius 2 is 1.33 bits per heavy atom. The van der Waals surface area contributed by atoms with Crippen molar-refractivity contribution in [2.45, 2.75) is 79.9 Å². The van der Waals surface area contributed by atoms with Crippen molar-refractivity contribution in [2.75, 3.05) is 0 Å². The number of cyclic esters (lactones) is 2. The zero-order valence-electron chi connectivity index (χ0n) is 29.1. The van der Waals surface area contributed by atoms with Gasteiger partial charge in [0.05, 0.1) is 24.9 Å². The molecular formula is C29H39Na3O16. The van der Waals surface area contributed by atoms with E-state index >= 15 is 0 Å². The summed E-state index contributed by atoms with van der Waals surface area (Å²) >= 11 is 0. The van der Waals surface area contributed by atoms with Gasteiger partial charge in [-0.25, -0.2) is 9.59 Å². The number of ether oxygens (including phenoxy) is 3. The average Bonchev–Trinajstić information content (AvgIpc) is 3.37. The monoisotopic (exact) mass is 712 g/mol. The molecule has 48 heavy (non-hydrogen) atoms. The molecule has 19 heteroatoms. The summed E-state index contributed by atoms with van der Waals surface area (Å²) < 4.78 is 13.1. The number of rotatable bonds is 9. The van der Waals surface area contributed by atoms with Crippen LogP contribution in [0, 0.1) is 23.7 Å². The van der Waals surface area contributed by atoms with Crippen LogP contribution in [0.4, 0.5) is 0 Å². The van der Waals surface area contributed by atoms with E-state index in [1.54, 1.807) is 13.8 Å². The smallest absolute Gasteiger partial charge is 0.550 e. The zero-order chi connectivity index (χ0) is 36.0. The number of carboxylic acids is 3. The van der Waals surface area contributed by atoms with Crippen molar-refractivity contribution >= 4 is 53.4 Å². The van der Waals surface area contributed by atoms with Crippen LogP contribution in [-0.4, -0.2) is 70.7 Å². The number of aliphatic hydroxyl groups excluding tert-OH is 1. The molecular weight excluding hydrogens is 673 g/mol. The van der Waals surface area contributed by atoms with Gasteiger partial charge in [0.15, 0.2) is 0 Å². The molecule has 1 saturated carbocycles. The first kappa shape index (κ1) is 58.5. The summed E-state index contributed by atoms with van der Waals surface area (Å²) in [4.78, 5) is 92.7. The zero-order valence-corrected chi connectivity index (χ0v) is 35.1. The summed E-state index contributed by atoms with van der Waals surface area (Å²) in [5.41, 5.74) is 0. The fourth-order valence-corrected chi connectivity index (χ4v) is 3.45. The first-order valence-electron chi connectivity index (χ1n) is 13.3. The fraction of sp³-hybridized carbons (Fsp3) is 0.552. The molecule has 1 aliphatic carbocycles. The van der Waals surface area contributed by atoms with E-state index in [0.717, 1.165) is 25.3 Å². The molecule has 1 heterocycles. The molecule has 16 nitrogen and oxygen atoms in total. The van der Waals surface area contributed by atoms with Gasteiger partial charge in [0, 0.05) is 67.6 Å². The third-order valence-electron chi connectivity index (χ3n) is 5.51. The second-order valence-corrected chi connectivity index (χ2v) is 9.62. The molecule has 0 saturated heterocycles. The largest absolute Gasteiger partial charge is 1.00 e. The molecule has 1 aliphatic heterocycles. The summed E-state index contributed by atoms with van der Waals surface area (Å²) in [6.07, 6.45) is 2.45. The summed E-state index contributed by atoms with van der Waals surface area (Å²) in [5, 5.41) is 38.6. The number of hydrogen-bond acceptors (Lipinski definition) is 16. The van der Waals surface area contributed by atoms with Crippen LogP contribution >= 0.6 is 0 Å². The van der Waals surface area contributed by atoms with Gasteiger partial charge in [-0.2, -0.15) is 0 Å². The summed E-state index contributed by atoms with van der Waals surface area (Å²) in [6, 6.07) is 0. The van der Waals surface area contributed by atoms with Crippen molar-refractivity contribution in [1.29, 1.82) is 0 Å². The number of carbonyl (C=O) groups excluding carboxylic acids is 9. The van der Waals surface area contributed by atoms with E-state index in [1.807, 2.05) is 0 Å². The minimum absolute atomic E-state index is 0. The van der Waals surface area contributed by atoms with Crippen LogP contribution in [0.1, 0.15) is 67.7 Å². The number of ketones is 2. The summed E-state index contributed by atoms with van der Waals surface area (Å²) in [6.45, 7) is 12.9. The molecule has 0 aromatic carbocycles. The minimum atomic E-state index is -1.47. The summed E-state index contributed by atoms with van der Waals surface area (Å²) in [5.74, 6) is -8.72. The molecule has 2 aliphatic rings. The maximum absolute atomic E-state index is 11.5. The average molecular weight is 713 g/mol. The molecule has 0 amide bonds. The van der Waals surface area contributed by atoms with Crippen molar-refractivity contribution in [3.8, 4) is 0 Å². The van der Waals surface area contributed by atoms with Crippen LogP contribution in [0.3, 0.4) is 0 Å². The van der Waals surface area contributed by atoms with Crippen LogP contribution in [0.25, 0.3) is 0 Å². The summed E-state index contributed by atoms with van der Waals surface area (Å²) in [7, 11) is 0. The molecule has 1 N–H and O–H groups in total. The van der Waals surface area contributed by atoms with Gasteiger partial charge < -0.3 is 49.0 Å². The third kappa shape index (κ3) is 32.8. The topological polar surface area (TPSA) is 271 Å². The number of Topliss-reactive ketones (excluding diaryl/α,β-unsaturated/α-hetero) is 2.